The van der Waals surface area contributed by atoms with Gasteiger partial charge in [0.15, 0.2) is 0 Å². The van der Waals surface area contributed by atoms with Crippen LogP contribution in [0, 0.1) is 75.1 Å². The molecule has 4 unspecified atom stereocenters. The van der Waals surface area contributed by atoms with Gasteiger partial charge in [-0.2, -0.15) is 0 Å². The Morgan fingerprint density at radius 3 is 1.27 bits per heavy atom. The van der Waals surface area contributed by atoms with Gasteiger partial charge in [0, 0.05) is 29.6 Å². The number of terminal acetylenes is 4. The average molecular weight is 887 g/mol. The SMILES string of the molecule is C#CCOC1CC(COCCOc2cc(C)c3c(c2)-c2cc4cc(c2)P(=O)(C3=O)C(=O)c2c(C)cc(OCCOCC3CC(OCC#C)CC(OCC#C)C3)cc2-4)CC(OCC#C)C1. The Labute approximate surface area is 376 Å². The summed E-state index contributed by atoms with van der Waals surface area (Å²) in [5, 5.41) is 0.219. The van der Waals surface area contributed by atoms with Crippen LogP contribution in [0.1, 0.15) is 70.4 Å². The van der Waals surface area contributed by atoms with E-state index in [4.69, 9.17) is 63.6 Å². The highest BCUT2D eigenvalue weighted by Crippen LogP contribution is 2.59. The third-order valence-electron chi connectivity index (χ3n) is 12.3. The Balaban J connectivity index is 1.01. The lowest BCUT2D eigenvalue weighted by molar-refractivity contribution is -0.0620. The monoisotopic (exact) mass is 886 g/mol. The van der Waals surface area contributed by atoms with Gasteiger partial charge >= 0.3 is 0 Å². The van der Waals surface area contributed by atoms with Crippen LogP contribution in [0.2, 0.25) is 0 Å². The molecule has 0 amide bonds. The maximum absolute atomic E-state index is 15.1. The second-order valence-electron chi connectivity index (χ2n) is 16.9. The third kappa shape index (κ3) is 10.7. The lowest BCUT2D eigenvalue weighted by Gasteiger charge is -2.34. The van der Waals surface area contributed by atoms with Crippen molar-refractivity contribution in [1.29, 1.82) is 0 Å². The zero-order chi connectivity index (χ0) is 45.2. The Morgan fingerprint density at radius 1 is 0.531 bits per heavy atom. The van der Waals surface area contributed by atoms with E-state index in [1.807, 2.05) is 6.07 Å². The highest BCUT2D eigenvalue weighted by Gasteiger charge is 2.49. The number of rotatable bonds is 20. The minimum absolute atomic E-state index is 0.0332. The van der Waals surface area contributed by atoms with E-state index in [0.717, 1.165) is 38.5 Å². The molecule has 2 saturated carbocycles. The summed E-state index contributed by atoms with van der Waals surface area (Å²) in [7, 11) is -4.30. The molecule has 0 spiro atoms. The van der Waals surface area contributed by atoms with Crippen molar-refractivity contribution in [3.8, 4) is 83.1 Å². The second-order valence-corrected chi connectivity index (χ2v) is 19.4. The van der Waals surface area contributed by atoms with E-state index in [0.29, 0.717) is 71.3 Å². The minimum Gasteiger partial charge on any atom is -0.491 e. The first-order valence-corrected chi connectivity index (χ1v) is 23.5. The van der Waals surface area contributed by atoms with Crippen LogP contribution in [0.3, 0.4) is 0 Å². The summed E-state index contributed by atoms with van der Waals surface area (Å²) in [5.74, 6) is 11.6. The number of benzene rings is 3. The molecule has 3 aromatic rings. The first kappa shape index (κ1) is 46.8. The fraction of sp³-hybridized carbons (Fsp3) is 0.462. The van der Waals surface area contributed by atoms with Crippen LogP contribution < -0.4 is 14.8 Å². The Hall–Kier alpha value is -5.17. The summed E-state index contributed by atoms with van der Waals surface area (Å²) >= 11 is 0. The molecule has 0 radical (unpaired) electrons. The van der Waals surface area contributed by atoms with Crippen molar-refractivity contribution in [2.24, 2.45) is 11.8 Å². The molecule has 0 aromatic heterocycles. The van der Waals surface area contributed by atoms with Crippen molar-refractivity contribution in [2.45, 2.75) is 76.8 Å². The molecule has 334 valence electrons. The molecule has 3 bridgehead atoms. The maximum Gasteiger partial charge on any atom is 0.248 e. The number of fused-ring (bicyclic) bond motifs is 6. The summed E-state index contributed by atoms with van der Waals surface area (Å²) < 4.78 is 62.9. The predicted octanol–water partition coefficient (Wildman–Crippen LogP) is 7.40. The normalized spacial score (nSPS) is 24.2. The van der Waals surface area contributed by atoms with Crippen molar-refractivity contribution in [2.75, 3.05) is 66.1 Å². The van der Waals surface area contributed by atoms with Gasteiger partial charge in [0.05, 0.1) is 37.6 Å². The number of carbonyl (C=O) groups excluding carboxylic acids is 2. The molecule has 3 aromatic carbocycles. The summed E-state index contributed by atoms with van der Waals surface area (Å²) in [4.78, 5) is 29.1. The zero-order valence-corrected chi connectivity index (χ0v) is 37.5. The van der Waals surface area contributed by atoms with Crippen molar-refractivity contribution in [1.82, 2.24) is 0 Å². The largest absolute Gasteiger partial charge is 0.491 e. The summed E-state index contributed by atoms with van der Waals surface area (Å²) in [6.45, 7) is 6.62. The van der Waals surface area contributed by atoms with Gasteiger partial charge in [0.1, 0.15) is 51.1 Å². The van der Waals surface area contributed by atoms with E-state index in [1.165, 1.54) is 0 Å². The fourth-order valence-corrected chi connectivity index (χ4v) is 12.0. The van der Waals surface area contributed by atoms with Gasteiger partial charge in [-0.05, 0) is 140 Å². The number of hydrogen-bond acceptors (Lipinski definition) is 11. The predicted molar refractivity (Wildman–Crippen MR) is 244 cm³/mol. The van der Waals surface area contributed by atoms with Gasteiger partial charge in [-0.15, -0.1) is 25.7 Å². The van der Waals surface area contributed by atoms with Gasteiger partial charge in [0.2, 0.25) is 18.2 Å². The van der Waals surface area contributed by atoms with E-state index < -0.39 is 18.2 Å². The van der Waals surface area contributed by atoms with Crippen LogP contribution in [-0.2, 0) is 33.0 Å². The van der Waals surface area contributed by atoms with Crippen molar-refractivity contribution in [3.05, 3.63) is 64.7 Å². The standard InChI is InChI=1S/C52H55O11P/c1-7-11-58-42-21-36(22-43(28-42)59-12-8-2)32-56-15-17-62-40-19-34(5)49-47(30-40)38-25-39-27-46(26-38)64(55,51(49)53)52(54)50-35(6)20-41(31-48(39)50)63-18-16-57-33-37-23-44(60-13-9-3)29-45(24-37)61-14-10-4/h1-4,19-20,25-27,30-31,36-37,42-45H,11-18,21-24,28-29,32-33H2,5-6H3. The van der Waals surface area contributed by atoms with Crippen LogP contribution >= 0.6 is 7.14 Å². The lowest BCUT2D eigenvalue weighted by atomic mass is 9.85. The molecule has 4 atom stereocenters. The van der Waals surface area contributed by atoms with E-state index in [1.54, 1.807) is 50.2 Å². The second kappa shape index (κ2) is 21.7. The molecule has 7 rings (SSSR count). The molecule has 2 heterocycles. The molecular formula is C52H55O11P. The first-order chi connectivity index (χ1) is 31.1. The summed E-state index contributed by atoms with van der Waals surface area (Å²) in [6, 6.07) is 12.4. The Morgan fingerprint density at radius 2 is 0.906 bits per heavy atom. The molecule has 0 N–H and O–H groups in total. The topological polar surface area (TPSA) is 125 Å². The quantitative estimate of drug-likeness (QED) is 0.0641. The van der Waals surface area contributed by atoms with Crippen LogP contribution in [0.15, 0.2) is 42.5 Å². The van der Waals surface area contributed by atoms with E-state index in [-0.39, 0.29) is 92.3 Å². The summed E-state index contributed by atoms with van der Waals surface area (Å²) in [6.07, 6.45) is 26.2. The molecule has 2 aliphatic carbocycles. The van der Waals surface area contributed by atoms with E-state index >= 15 is 4.57 Å². The maximum atomic E-state index is 15.1. The molecule has 12 heteroatoms. The molecule has 2 fully saturated rings. The van der Waals surface area contributed by atoms with Crippen molar-refractivity contribution in [3.63, 3.8) is 0 Å². The van der Waals surface area contributed by atoms with Crippen molar-refractivity contribution >= 4 is 23.5 Å². The molecule has 0 saturated heterocycles. The molecule has 11 nitrogen and oxygen atoms in total. The number of ether oxygens (including phenoxy) is 8. The minimum atomic E-state index is -4.30. The van der Waals surface area contributed by atoms with Crippen LogP contribution in [-0.4, -0.2) is 102 Å². The Kier molecular flexibility index (Phi) is 15.9. The summed E-state index contributed by atoms with van der Waals surface area (Å²) in [5.41, 5.74) is 2.72. The molecule has 2 aliphatic heterocycles. The molecule has 4 aliphatic rings. The highest BCUT2D eigenvalue weighted by molar-refractivity contribution is 8.01. The highest BCUT2D eigenvalue weighted by atomic mass is 31.2. The average Bonchev–Trinajstić information content (AvgIpc) is 3.39. The third-order valence-corrected chi connectivity index (χ3v) is 14.8. The zero-order valence-electron chi connectivity index (χ0n) is 36.6. The number of aryl methyl sites for hydroxylation is 2. The smallest absolute Gasteiger partial charge is 0.248 e. The Bertz CT molecular complexity index is 2220. The number of hydrogen-bond donors (Lipinski definition) is 0. The first-order valence-electron chi connectivity index (χ1n) is 21.8. The fourth-order valence-electron chi connectivity index (χ4n) is 9.51. The van der Waals surface area contributed by atoms with Crippen molar-refractivity contribution < 1.29 is 52.0 Å². The van der Waals surface area contributed by atoms with Gasteiger partial charge in [-0.1, -0.05) is 23.7 Å². The van der Waals surface area contributed by atoms with Gasteiger partial charge in [-0.25, -0.2) is 0 Å². The van der Waals surface area contributed by atoms with Crippen LogP contribution in [0.25, 0.3) is 22.3 Å². The van der Waals surface area contributed by atoms with E-state index in [2.05, 4.69) is 23.7 Å². The lowest BCUT2D eigenvalue weighted by Crippen LogP contribution is -2.35. The van der Waals surface area contributed by atoms with Gasteiger partial charge in [0.25, 0.3) is 0 Å². The molecular weight excluding hydrogens is 832 g/mol. The van der Waals surface area contributed by atoms with E-state index in [9.17, 15) is 9.59 Å². The van der Waals surface area contributed by atoms with Gasteiger partial charge < -0.3 is 42.5 Å². The number of carbonyl (C=O) groups is 2. The van der Waals surface area contributed by atoms with Gasteiger partial charge in [-0.3, -0.25) is 9.59 Å². The molecule has 64 heavy (non-hydrogen) atoms. The van der Waals surface area contributed by atoms with Crippen LogP contribution in [0.4, 0.5) is 0 Å². The van der Waals surface area contributed by atoms with Crippen LogP contribution in [0.5, 0.6) is 11.5 Å².